The number of benzene rings is 1. The number of fused-ring (bicyclic) bond motifs is 1. The molecule has 0 aliphatic carbocycles. The van der Waals surface area contributed by atoms with Gasteiger partial charge in [-0.1, -0.05) is 22.0 Å². The van der Waals surface area contributed by atoms with Crippen molar-refractivity contribution in [3.8, 4) is 0 Å². The summed E-state index contributed by atoms with van der Waals surface area (Å²) < 4.78 is 5.15. The Morgan fingerprint density at radius 3 is 2.65 bits per heavy atom. The first-order valence-electron chi connectivity index (χ1n) is 5.65. The van der Waals surface area contributed by atoms with Crippen molar-refractivity contribution in [1.29, 1.82) is 0 Å². The normalized spacial score (nSPS) is 12.7. The molecule has 2 aromatic heterocycles. The molecule has 1 unspecified atom stereocenters. The number of imidazole rings is 1. The van der Waals surface area contributed by atoms with Crippen molar-refractivity contribution in [2.45, 2.75) is 4.83 Å². The van der Waals surface area contributed by atoms with Gasteiger partial charge in [-0.05, 0) is 23.8 Å². The van der Waals surface area contributed by atoms with E-state index in [0.29, 0.717) is 16.8 Å². The number of nitrogens with one attached hydrogen (secondary N) is 2. The monoisotopic (exact) mass is 337 g/mol. The highest BCUT2D eigenvalue weighted by Gasteiger charge is 2.19. The van der Waals surface area contributed by atoms with Crippen LogP contribution >= 0.6 is 15.9 Å². The summed E-state index contributed by atoms with van der Waals surface area (Å²) in [6.45, 7) is 0. The summed E-state index contributed by atoms with van der Waals surface area (Å²) in [5, 5.41) is 10.6. The van der Waals surface area contributed by atoms with Crippen LogP contribution in [0.5, 0.6) is 0 Å². The zero-order valence-corrected chi connectivity index (χ0v) is 11.5. The largest absolute Gasteiger partial charge is 0.433 e. The Balaban J connectivity index is 1.99. The number of furan rings is 1. The van der Waals surface area contributed by atoms with Crippen LogP contribution in [0.25, 0.3) is 11.0 Å². The summed E-state index contributed by atoms with van der Waals surface area (Å²) >= 11 is 3.43. The number of nitrogens with zero attached hydrogens (tertiary/aromatic N) is 1. The van der Waals surface area contributed by atoms with Gasteiger partial charge >= 0.3 is 11.6 Å². The van der Waals surface area contributed by atoms with Gasteiger partial charge in [-0.2, -0.15) is 0 Å². The van der Waals surface area contributed by atoms with E-state index in [9.17, 15) is 14.9 Å². The number of nitro groups is 1. The lowest BCUT2D eigenvalue weighted by molar-refractivity contribution is -0.402. The van der Waals surface area contributed by atoms with Crippen LogP contribution in [0.15, 0.2) is 39.5 Å². The molecule has 8 heteroatoms. The van der Waals surface area contributed by atoms with Gasteiger partial charge in [0.05, 0.1) is 21.9 Å². The summed E-state index contributed by atoms with van der Waals surface area (Å²) in [6, 6.07) is 8.19. The third kappa shape index (κ3) is 2.14. The van der Waals surface area contributed by atoms with E-state index in [1.807, 2.05) is 0 Å². The number of halogens is 1. The highest BCUT2D eigenvalue weighted by atomic mass is 79.9. The molecular formula is C12H8BrN3O4. The lowest BCUT2D eigenvalue weighted by Crippen LogP contribution is -1.99. The number of alkyl halides is 1. The molecular weight excluding hydrogens is 330 g/mol. The van der Waals surface area contributed by atoms with Crippen LogP contribution in [0, 0.1) is 10.1 Å². The van der Waals surface area contributed by atoms with Gasteiger partial charge in [-0.25, -0.2) is 4.79 Å². The molecule has 0 radical (unpaired) electrons. The highest BCUT2D eigenvalue weighted by molar-refractivity contribution is 9.09. The van der Waals surface area contributed by atoms with Crippen LogP contribution in [-0.4, -0.2) is 14.9 Å². The van der Waals surface area contributed by atoms with Crippen LogP contribution < -0.4 is 5.69 Å². The van der Waals surface area contributed by atoms with E-state index in [-0.39, 0.29) is 16.4 Å². The Bertz CT molecular complexity index is 848. The van der Waals surface area contributed by atoms with E-state index in [4.69, 9.17) is 4.42 Å². The van der Waals surface area contributed by atoms with E-state index in [1.165, 1.54) is 6.07 Å². The van der Waals surface area contributed by atoms with Gasteiger partial charge < -0.3 is 14.4 Å². The molecule has 0 saturated carbocycles. The molecule has 0 aliphatic heterocycles. The van der Waals surface area contributed by atoms with Crippen molar-refractivity contribution in [2.75, 3.05) is 0 Å². The number of hydrogen-bond donors (Lipinski definition) is 2. The first kappa shape index (κ1) is 12.7. The Morgan fingerprint density at radius 1 is 1.20 bits per heavy atom. The predicted octanol–water partition coefficient (Wildman–Crippen LogP) is 2.84. The fourth-order valence-electron chi connectivity index (χ4n) is 1.95. The molecule has 2 heterocycles. The Labute approximate surface area is 119 Å². The fourth-order valence-corrected chi connectivity index (χ4v) is 2.48. The van der Waals surface area contributed by atoms with Crippen molar-refractivity contribution in [3.05, 3.63) is 62.3 Å². The quantitative estimate of drug-likeness (QED) is 0.435. The summed E-state index contributed by atoms with van der Waals surface area (Å²) in [5.74, 6) is 0.120. The number of rotatable bonds is 3. The number of aromatic nitrogens is 2. The Kier molecular flexibility index (Phi) is 2.94. The van der Waals surface area contributed by atoms with Gasteiger partial charge in [-0.3, -0.25) is 10.1 Å². The lowest BCUT2D eigenvalue weighted by Gasteiger charge is -2.06. The van der Waals surface area contributed by atoms with Crippen LogP contribution in [-0.2, 0) is 0 Å². The van der Waals surface area contributed by atoms with Gasteiger partial charge in [0.25, 0.3) is 0 Å². The lowest BCUT2D eigenvalue weighted by atomic mass is 10.1. The molecule has 1 atom stereocenters. The van der Waals surface area contributed by atoms with Crippen molar-refractivity contribution >= 4 is 32.8 Å². The number of hydrogen-bond acceptors (Lipinski definition) is 4. The van der Waals surface area contributed by atoms with Gasteiger partial charge in [0.15, 0.2) is 0 Å². The second-order valence-electron chi connectivity index (χ2n) is 4.18. The minimum absolute atomic E-state index is 0.281. The summed E-state index contributed by atoms with van der Waals surface area (Å²) in [7, 11) is 0. The zero-order valence-electron chi connectivity index (χ0n) is 9.92. The first-order chi connectivity index (χ1) is 9.54. The maximum atomic E-state index is 11.2. The third-order valence-electron chi connectivity index (χ3n) is 2.88. The zero-order chi connectivity index (χ0) is 14.3. The van der Waals surface area contributed by atoms with Crippen molar-refractivity contribution in [3.63, 3.8) is 0 Å². The molecule has 0 saturated heterocycles. The topological polar surface area (TPSA) is 105 Å². The van der Waals surface area contributed by atoms with Crippen molar-refractivity contribution in [1.82, 2.24) is 9.97 Å². The molecule has 3 rings (SSSR count). The average Bonchev–Trinajstić information content (AvgIpc) is 3.02. The highest BCUT2D eigenvalue weighted by Crippen LogP contribution is 2.34. The van der Waals surface area contributed by atoms with Gasteiger partial charge in [0.1, 0.15) is 10.7 Å². The molecule has 0 fully saturated rings. The SMILES string of the molecule is O=c1[nH]c2ccc(C(Br)c3ccc([N+](=O)[O-])o3)cc2[nH]1. The number of H-pyrrole nitrogens is 2. The number of aromatic amines is 2. The predicted molar refractivity (Wildman–Crippen MR) is 75.1 cm³/mol. The van der Waals surface area contributed by atoms with Gasteiger partial charge in [0, 0.05) is 0 Å². The van der Waals surface area contributed by atoms with E-state index >= 15 is 0 Å². The van der Waals surface area contributed by atoms with Gasteiger partial charge in [0.2, 0.25) is 0 Å². The van der Waals surface area contributed by atoms with Crippen LogP contribution in [0.4, 0.5) is 5.88 Å². The molecule has 0 bridgehead atoms. The van der Waals surface area contributed by atoms with Gasteiger partial charge in [-0.15, -0.1) is 0 Å². The average molecular weight is 338 g/mol. The van der Waals surface area contributed by atoms with Crippen LogP contribution in [0.3, 0.4) is 0 Å². The minimum Gasteiger partial charge on any atom is -0.404 e. The van der Waals surface area contributed by atoms with E-state index in [0.717, 1.165) is 5.56 Å². The molecule has 0 aliphatic rings. The smallest absolute Gasteiger partial charge is 0.404 e. The van der Waals surface area contributed by atoms with Crippen LogP contribution in [0.2, 0.25) is 0 Å². The molecule has 3 aromatic rings. The molecule has 0 spiro atoms. The molecule has 20 heavy (non-hydrogen) atoms. The third-order valence-corrected chi connectivity index (χ3v) is 3.85. The van der Waals surface area contributed by atoms with Crippen molar-refractivity contribution in [2.24, 2.45) is 0 Å². The minimum atomic E-state index is -0.587. The van der Waals surface area contributed by atoms with Crippen molar-refractivity contribution < 1.29 is 9.34 Å². The standard InChI is InChI=1S/C12H8BrN3O4/c13-11(9-3-4-10(20-9)16(18)19)6-1-2-7-8(5-6)15-12(17)14-7/h1-5,11H,(H2,14,15,17). The second-order valence-corrected chi connectivity index (χ2v) is 5.10. The summed E-state index contributed by atoms with van der Waals surface area (Å²) in [6.07, 6.45) is 0. The maximum Gasteiger partial charge on any atom is 0.433 e. The molecule has 7 nitrogen and oxygen atoms in total. The second kappa shape index (κ2) is 4.64. The molecule has 102 valence electrons. The molecule has 1 aromatic carbocycles. The van der Waals surface area contributed by atoms with E-state index in [2.05, 4.69) is 25.9 Å². The summed E-state index contributed by atoms with van der Waals surface area (Å²) in [4.78, 5) is 26.2. The Morgan fingerprint density at radius 2 is 1.95 bits per heavy atom. The first-order valence-corrected chi connectivity index (χ1v) is 6.56. The maximum absolute atomic E-state index is 11.2. The Hall–Kier alpha value is -2.35. The molecule has 2 N–H and O–H groups in total. The summed E-state index contributed by atoms with van der Waals surface area (Å²) in [5.41, 5.74) is 1.90. The molecule has 0 amide bonds. The van der Waals surface area contributed by atoms with E-state index in [1.54, 1.807) is 24.3 Å². The van der Waals surface area contributed by atoms with Crippen LogP contribution in [0.1, 0.15) is 16.2 Å². The van der Waals surface area contributed by atoms with E-state index < -0.39 is 4.92 Å². The fraction of sp³-hybridized carbons (Fsp3) is 0.0833.